The van der Waals surface area contributed by atoms with Gasteiger partial charge in [0.05, 0.1) is 30.9 Å². The van der Waals surface area contributed by atoms with Crippen molar-refractivity contribution in [3.8, 4) is 0 Å². The average Bonchev–Trinajstić information content (AvgIpc) is 3.01. The lowest BCUT2D eigenvalue weighted by atomic mass is 10.1. The summed E-state index contributed by atoms with van der Waals surface area (Å²) in [5, 5.41) is 0.667. The summed E-state index contributed by atoms with van der Waals surface area (Å²) in [7, 11) is 1.35. The monoisotopic (exact) mass is 328 g/mol. The van der Waals surface area contributed by atoms with Gasteiger partial charge >= 0.3 is 5.97 Å². The highest BCUT2D eigenvalue weighted by atomic mass is 32.1. The number of methoxy groups -OCH3 is 1. The van der Waals surface area contributed by atoms with Crippen LogP contribution in [0.1, 0.15) is 27.7 Å². The van der Waals surface area contributed by atoms with E-state index in [1.807, 2.05) is 18.2 Å². The Bertz CT molecular complexity index is 910. The highest BCUT2D eigenvalue weighted by Gasteiger charge is 2.09. The smallest absolute Gasteiger partial charge is 0.337 e. The number of benzene rings is 1. The molecule has 1 aromatic carbocycles. The van der Waals surface area contributed by atoms with Crippen LogP contribution >= 0.6 is 11.3 Å². The van der Waals surface area contributed by atoms with Gasteiger partial charge in [-0.05, 0) is 30.2 Å². The topological polar surface area (TPSA) is 61.2 Å². The van der Waals surface area contributed by atoms with Gasteiger partial charge in [0.15, 0.2) is 0 Å². The molecule has 2 aromatic heterocycles. The Morgan fingerprint density at radius 1 is 1.30 bits per heavy atom. The van der Waals surface area contributed by atoms with Gasteiger partial charge < -0.3 is 4.74 Å². The van der Waals surface area contributed by atoms with Gasteiger partial charge in [-0.1, -0.05) is 19.1 Å². The van der Waals surface area contributed by atoms with E-state index in [9.17, 15) is 9.59 Å². The third-order valence-corrected chi connectivity index (χ3v) is 4.83. The number of fused-ring (bicyclic) bond motifs is 1. The zero-order chi connectivity index (χ0) is 16.4. The number of ether oxygens (including phenoxy) is 1. The molecular formula is C17H16N2O3S. The molecule has 0 saturated carbocycles. The Labute approximate surface area is 137 Å². The maximum Gasteiger partial charge on any atom is 0.337 e. The highest BCUT2D eigenvalue weighted by Crippen LogP contribution is 2.21. The van der Waals surface area contributed by atoms with Crippen molar-refractivity contribution >= 4 is 27.5 Å². The molecule has 3 aromatic rings. The van der Waals surface area contributed by atoms with Crippen LogP contribution in [0.15, 0.2) is 41.5 Å². The number of aryl methyl sites for hydroxylation is 1. The summed E-state index contributed by atoms with van der Waals surface area (Å²) in [6, 6.07) is 8.93. The van der Waals surface area contributed by atoms with Gasteiger partial charge in [-0.15, -0.1) is 11.3 Å². The van der Waals surface area contributed by atoms with E-state index in [2.05, 4.69) is 16.6 Å². The Morgan fingerprint density at radius 2 is 2.04 bits per heavy atom. The average molecular weight is 328 g/mol. The van der Waals surface area contributed by atoms with Crippen molar-refractivity contribution in [2.45, 2.75) is 19.9 Å². The van der Waals surface area contributed by atoms with Crippen molar-refractivity contribution in [2.75, 3.05) is 7.11 Å². The lowest BCUT2D eigenvalue weighted by Gasteiger charge is -2.06. The summed E-state index contributed by atoms with van der Waals surface area (Å²) in [4.78, 5) is 30.3. The number of nitrogens with zero attached hydrogens (tertiary/aromatic N) is 2. The van der Waals surface area contributed by atoms with Crippen LogP contribution in [0.4, 0.5) is 0 Å². The van der Waals surface area contributed by atoms with E-state index in [1.165, 1.54) is 7.11 Å². The van der Waals surface area contributed by atoms with Gasteiger partial charge in [0, 0.05) is 4.88 Å². The molecule has 0 aliphatic rings. The second-order valence-corrected chi connectivity index (χ2v) is 6.27. The fraction of sp³-hybridized carbons (Fsp3) is 0.235. The molecule has 5 nitrogen and oxygen atoms in total. The molecule has 0 fully saturated rings. The molecule has 0 amide bonds. The van der Waals surface area contributed by atoms with E-state index in [4.69, 9.17) is 0 Å². The van der Waals surface area contributed by atoms with Crippen LogP contribution in [0.2, 0.25) is 0 Å². The number of carbonyl (C=O) groups is 1. The first-order valence-corrected chi connectivity index (χ1v) is 8.09. The Morgan fingerprint density at radius 3 is 2.70 bits per heavy atom. The Balaban J connectivity index is 1.90. The van der Waals surface area contributed by atoms with E-state index >= 15 is 0 Å². The van der Waals surface area contributed by atoms with E-state index in [1.54, 1.807) is 34.4 Å². The van der Waals surface area contributed by atoms with Crippen molar-refractivity contribution in [2.24, 2.45) is 0 Å². The molecule has 0 aliphatic carbocycles. The molecule has 0 bridgehead atoms. The fourth-order valence-electron chi connectivity index (χ4n) is 2.36. The first kappa shape index (κ1) is 15.4. The SMILES string of the molecule is CCc1cc2c(=O)n(Cc3ccc(C(=O)OC)cc3)cnc2s1. The van der Waals surface area contributed by atoms with Crippen molar-refractivity contribution in [3.05, 3.63) is 63.0 Å². The predicted octanol–water partition coefficient (Wildman–Crippen LogP) is 2.86. The molecule has 3 rings (SSSR count). The third kappa shape index (κ3) is 3.03. The molecule has 23 heavy (non-hydrogen) atoms. The van der Waals surface area contributed by atoms with Crippen molar-refractivity contribution in [1.82, 2.24) is 9.55 Å². The van der Waals surface area contributed by atoms with Crippen LogP contribution in [0.5, 0.6) is 0 Å². The second kappa shape index (κ2) is 6.34. The maximum absolute atomic E-state index is 12.5. The predicted molar refractivity (Wildman–Crippen MR) is 90.1 cm³/mol. The van der Waals surface area contributed by atoms with Gasteiger partial charge in [0.1, 0.15) is 4.83 Å². The lowest BCUT2D eigenvalue weighted by molar-refractivity contribution is 0.0600. The van der Waals surface area contributed by atoms with Crippen LogP contribution in [0.3, 0.4) is 0 Å². The second-order valence-electron chi connectivity index (χ2n) is 5.15. The molecule has 0 N–H and O–H groups in total. The van der Waals surface area contributed by atoms with Gasteiger partial charge in [-0.3, -0.25) is 9.36 Å². The van der Waals surface area contributed by atoms with Crippen LogP contribution in [-0.4, -0.2) is 22.6 Å². The van der Waals surface area contributed by atoms with Crippen LogP contribution in [0, 0.1) is 0 Å². The van der Waals surface area contributed by atoms with Crippen LogP contribution in [0.25, 0.3) is 10.2 Å². The molecule has 0 radical (unpaired) electrons. The molecule has 0 saturated heterocycles. The maximum atomic E-state index is 12.5. The molecule has 0 unspecified atom stereocenters. The first-order valence-electron chi connectivity index (χ1n) is 7.27. The lowest BCUT2D eigenvalue weighted by Crippen LogP contribution is -2.20. The van der Waals surface area contributed by atoms with E-state index < -0.39 is 0 Å². The molecular weight excluding hydrogens is 312 g/mol. The minimum Gasteiger partial charge on any atom is -0.465 e. The number of hydrogen-bond donors (Lipinski definition) is 0. The van der Waals surface area contributed by atoms with E-state index in [-0.39, 0.29) is 11.5 Å². The van der Waals surface area contributed by atoms with Gasteiger partial charge in [0.25, 0.3) is 5.56 Å². The van der Waals surface area contributed by atoms with Crippen molar-refractivity contribution in [1.29, 1.82) is 0 Å². The summed E-state index contributed by atoms with van der Waals surface area (Å²) in [6.07, 6.45) is 2.48. The minimum absolute atomic E-state index is 0.0389. The third-order valence-electron chi connectivity index (χ3n) is 3.65. The molecule has 6 heteroatoms. The summed E-state index contributed by atoms with van der Waals surface area (Å²) in [6.45, 7) is 2.48. The zero-order valence-corrected chi connectivity index (χ0v) is 13.7. The number of hydrogen-bond acceptors (Lipinski definition) is 5. The quantitative estimate of drug-likeness (QED) is 0.691. The molecule has 0 atom stereocenters. The standard InChI is InChI=1S/C17H16N2O3S/c1-3-13-8-14-15(23-13)18-10-19(16(14)20)9-11-4-6-12(7-5-11)17(21)22-2/h4-8,10H,3,9H2,1-2H3. The summed E-state index contributed by atoms with van der Waals surface area (Å²) < 4.78 is 6.26. The van der Waals surface area contributed by atoms with Crippen molar-refractivity contribution in [3.63, 3.8) is 0 Å². The normalized spacial score (nSPS) is 10.9. The fourth-order valence-corrected chi connectivity index (χ4v) is 3.28. The Hall–Kier alpha value is -2.47. The largest absolute Gasteiger partial charge is 0.465 e. The van der Waals surface area contributed by atoms with Crippen LogP contribution in [-0.2, 0) is 17.7 Å². The minimum atomic E-state index is -0.373. The summed E-state index contributed by atoms with van der Waals surface area (Å²) in [5.74, 6) is -0.373. The van der Waals surface area contributed by atoms with Crippen molar-refractivity contribution < 1.29 is 9.53 Å². The van der Waals surface area contributed by atoms with Gasteiger partial charge in [0.2, 0.25) is 0 Å². The number of rotatable bonds is 4. The van der Waals surface area contributed by atoms with Crippen LogP contribution < -0.4 is 5.56 Å². The summed E-state index contributed by atoms with van der Waals surface area (Å²) in [5.41, 5.74) is 1.37. The number of thiophene rings is 1. The molecule has 118 valence electrons. The summed E-state index contributed by atoms with van der Waals surface area (Å²) >= 11 is 1.56. The molecule has 0 aliphatic heterocycles. The number of aromatic nitrogens is 2. The van der Waals surface area contributed by atoms with E-state index in [0.717, 1.165) is 21.7 Å². The van der Waals surface area contributed by atoms with E-state index in [0.29, 0.717) is 17.5 Å². The molecule has 0 spiro atoms. The highest BCUT2D eigenvalue weighted by molar-refractivity contribution is 7.18. The van der Waals surface area contributed by atoms with Gasteiger partial charge in [-0.2, -0.15) is 0 Å². The zero-order valence-electron chi connectivity index (χ0n) is 12.9. The Kier molecular flexibility index (Phi) is 4.25. The number of esters is 1. The number of carbonyl (C=O) groups excluding carboxylic acids is 1. The first-order chi connectivity index (χ1) is 11.1. The molecule has 2 heterocycles. The van der Waals surface area contributed by atoms with Gasteiger partial charge in [-0.25, -0.2) is 9.78 Å².